The molecule has 118 valence electrons. The first kappa shape index (κ1) is 16.3. The van der Waals surface area contributed by atoms with E-state index in [0.717, 1.165) is 26.0 Å². The van der Waals surface area contributed by atoms with Crippen LogP contribution in [0.3, 0.4) is 0 Å². The maximum atomic E-state index is 6.12. The molecular weight excluding hydrogens is 250 g/mol. The number of nitrogens with zero attached hydrogens (tertiary/aromatic N) is 1. The van der Waals surface area contributed by atoms with E-state index < -0.39 is 0 Å². The molecule has 2 heterocycles. The summed E-state index contributed by atoms with van der Waals surface area (Å²) in [5, 5.41) is 0. The molecule has 0 saturated carbocycles. The Morgan fingerprint density at radius 2 is 1.75 bits per heavy atom. The average Bonchev–Trinajstić information content (AvgIpc) is 2.73. The van der Waals surface area contributed by atoms with Gasteiger partial charge in [-0.2, -0.15) is 0 Å². The van der Waals surface area contributed by atoms with Crippen LogP contribution in [0.4, 0.5) is 0 Å². The Labute approximate surface area is 125 Å². The third kappa shape index (κ3) is 3.75. The molecule has 0 amide bonds. The van der Waals surface area contributed by atoms with E-state index in [9.17, 15) is 0 Å². The predicted octanol–water partition coefficient (Wildman–Crippen LogP) is 3.61. The van der Waals surface area contributed by atoms with Crippen molar-refractivity contribution in [2.24, 2.45) is 0 Å². The van der Waals surface area contributed by atoms with E-state index in [2.05, 4.69) is 46.4 Å². The van der Waals surface area contributed by atoms with Gasteiger partial charge in [0.15, 0.2) is 0 Å². The van der Waals surface area contributed by atoms with Crippen molar-refractivity contribution in [3.63, 3.8) is 0 Å². The molecule has 20 heavy (non-hydrogen) atoms. The number of rotatable bonds is 4. The smallest absolute Gasteiger partial charge is 0.0703 e. The van der Waals surface area contributed by atoms with Crippen molar-refractivity contribution < 1.29 is 9.47 Å². The second-order valence-corrected chi connectivity index (χ2v) is 8.09. The highest BCUT2D eigenvalue weighted by atomic mass is 16.5. The van der Waals surface area contributed by atoms with E-state index in [1.165, 1.54) is 12.8 Å². The zero-order chi connectivity index (χ0) is 15.0. The Morgan fingerprint density at radius 3 is 2.20 bits per heavy atom. The molecule has 2 aliphatic rings. The molecule has 1 atom stereocenters. The molecule has 0 aromatic rings. The summed E-state index contributed by atoms with van der Waals surface area (Å²) in [5.74, 6) is 0. The van der Waals surface area contributed by atoms with Crippen LogP contribution in [0.1, 0.15) is 67.2 Å². The largest absolute Gasteiger partial charge is 0.377 e. The third-order valence-electron chi connectivity index (χ3n) is 4.79. The molecule has 0 aromatic carbocycles. The average molecular weight is 283 g/mol. The molecular formula is C17H33NO2. The van der Waals surface area contributed by atoms with Crippen molar-refractivity contribution >= 4 is 0 Å². The summed E-state index contributed by atoms with van der Waals surface area (Å²) in [4.78, 5) is 2.66. The summed E-state index contributed by atoms with van der Waals surface area (Å²) in [6, 6.07) is 0. The fraction of sp³-hybridized carbons (Fsp3) is 1.00. The molecule has 0 radical (unpaired) electrons. The standard InChI is InChI=1S/C17H33NO2/c1-13(2)20-15-10-16(3,4)18(17(5,6)11-15)12-14-8-7-9-19-14/h13-15H,7-12H2,1-6H3. The van der Waals surface area contributed by atoms with Gasteiger partial charge in [-0.25, -0.2) is 0 Å². The van der Waals surface area contributed by atoms with Gasteiger partial charge in [-0.15, -0.1) is 0 Å². The van der Waals surface area contributed by atoms with E-state index in [1.54, 1.807) is 0 Å². The number of hydrogen-bond donors (Lipinski definition) is 0. The first-order chi connectivity index (χ1) is 9.21. The van der Waals surface area contributed by atoms with E-state index in [-0.39, 0.29) is 11.1 Å². The predicted molar refractivity (Wildman–Crippen MR) is 83.1 cm³/mol. The summed E-state index contributed by atoms with van der Waals surface area (Å²) in [5.41, 5.74) is 0.348. The van der Waals surface area contributed by atoms with Crippen LogP contribution in [-0.2, 0) is 9.47 Å². The second-order valence-electron chi connectivity index (χ2n) is 8.09. The van der Waals surface area contributed by atoms with Gasteiger partial charge in [-0.05, 0) is 67.2 Å². The normalized spacial score (nSPS) is 31.1. The third-order valence-corrected chi connectivity index (χ3v) is 4.79. The van der Waals surface area contributed by atoms with Crippen LogP contribution in [0.15, 0.2) is 0 Å². The highest BCUT2D eigenvalue weighted by Crippen LogP contribution is 2.40. The van der Waals surface area contributed by atoms with Gasteiger partial charge in [0.25, 0.3) is 0 Å². The Balaban J connectivity index is 2.07. The lowest BCUT2D eigenvalue weighted by molar-refractivity contribution is -0.128. The molecule has 2 fully saturated rings. The Hall–Kier alpha value is -0.120. The molecule has 0 aromatic heterocycles. The van der Waals surface area contributed by atoms with E-state index in [0.29, 0.717) is 18.3 Å². The van der Waals surface area contributed by atoms with Gasteiger partial charge in [-0.1, -0.05) is 0 Å². The highest BCUT2D eigenvalue weighted by molar-refractivity contribution is 5.01. The van der Waals surface area contributed by atoms with Crippen molar-refractivity contribution in [3.8, 4) is 0 Å². The first-order valence-electron chi connectivity index (χ1n) is 8.25. The van der Waals surface area contributed by atoms with Crippen LogP contribution < -0.4 is 0 Å². The fourth-order valence-corrected chi connectivity index (χ4v) is 4.19. The summed E-state index contributed by atoms with van der Waals surface area (Å²) >= 11 is 0. The van der Waals surface area contributed by atoms with Crippen LogP contribution in [0.5, 0.6) is 0 Å². The minimum atomic E-state index is 0.174. The lowest BCUT2D eigenvalue weighted by atomic mass is 9.77. The van der Waals surface area contributed by atoms with Crippen LogP contribution in [0, 0.1) is 0 Å². The zero-order valence-electron chi connectivity index (χ0n) is 14.2. The fourth-order valence-electron chi connectivity index (χ4n) is 4.19. The quantitative estimate of drug-likeness (QED) is 0.786. The minimum Gasteiger partial charge on any atom is -0.377 e. The number of piperidine rings is 1. The van der Waals surface area contributed by atoms with Crippen LogP contribution in [0.2, 0.25) is 0 Å². The summed E-state index contributed by atoms with van der Waals surface area (Å²) < 4.78 is 12.0. The summed E-state index contributed by atoms with van der Waals surface area (Å²) in [6.07, 6.45) is 5.78. The maximum Gasteiger partial charge on any atom is 0.0703 e. The lowest BCUT2D eigenvalue weighted by Gasteiger charge is -2.56. The zero-order valence-corrected chi connectivity index (χ0v) is 14.2. The SMILES string of the molecule is CC(C)OC1CC(C)(C)N(CC2CCCO2)C(C)(C)C1. The van der Waals surface area contributed by atoms with Gasteiger partial charge < -0.3 is 9.47 Å². The Morgan fingerprint density at radius 1 is 1.15 bits per heavy atom. The minimum absolute atomic E-state index is 0.174. The number of hydrogen-bond acceptors (Lipinski definition) is 3. The van der Waals surface area contributed by atoms with Crippen molar-refractivity contribution in [2.75, 3.05) is 13.2 Å². The molecule has 2 aliphatic heterocycles. The van der Waals surface area contributed by atoms with E-state index in [4.69, 9.17) is 9.47 Å². The Kier molecular flexibility index (Phi) is 4.83. The first-order valence-corrected chi connectivity index (χ1v) is 8.25. The van der Waals surface area contributed by atoms with Crippen LogP contribution in [0.25, 0.3) is 0 Å². The number of ether oxygens (including phenoxy) is 2. The highest BCUT2D eigenvalue weighted by Gasteiger charge is 2.46. The molecule has 0 spiro atoms. The van der Waals surface area contributed by atoms with Gasteiger partial charge in [0.05, 0.1) is 18.3 Å². The molecule has 1 unspecified atom stereocenters. The van der Waals surface area contributed by atoms with Crippen molar-refractivity contribution in [2.45, 2.75) is 96.6 Å². The van der Waals surface area contributed by atoms with Crippen molar-refractivity contribution in [1.29, 1.82) is 0 Å². The molecule has 3 heteroatoms. The monoisotopic (exact) mass is 283 g/mol. The molecule has 0 N–H and O–H groups in total. The van der Waals surface area contributed by atoms with Gasteiger partial charge >= 0.3 is 0 Å². The van der Waals surface area contributed by atoms with Gasteiger partial charge in [0.1, 0.15) is 0 Å². The van der Waals surface area contributed by atoms with Crippen LogP contribution >= 0.6 is 0 Å². The van der Waals surface area contributed by atoms with E-state index in [1.807, 2.05) is 0 Å². The second kappa shape index (κ2) is 5.94. The lowest BCUT2D eigenvalue weighted by Crippen LogP contribution is -2.63. The van der Waals surface area contributed by atoms with Gasteiger partial charge in [0.2, 0.25) is 0 Å². The molecule has 3 nitrogen and oxygen atoms in total. The molecule has 0 bridgehead atoms. The molecule has 0 aliphatic carbocycles. The van der Waals surface area contributed by atoms with Crippen LogP contribution in [-0.4, -0.2) is 47.4 Å². The molecule has 2 rings (SSSR count). The van der Waals surface area contributed by atoms with Gasteiger partial charge in [0, 0.05) is 24.2 Å². The van der Waals surface area contributed by atoms with E-state index >= 15 is 0 Å². The summed E-state index contributed by atoms with van der Waals surface area (Å²) in [6.45, 7) is 15.7. The Bertz CT molecular complexity index is 301. The number of likely N-dealkylation sites (tertiary alicyclic amines) is 1. The maximum absolute atomic E-state index is 6.12. The molecule has 2 saturated heterocycles. The topological polar surface area (TPSA) is 21.7 Å². The van der Waals surface area contributed by atoms with Crippen molar-refractivity contribution in [3.05, 3.63) is 0 Å². The summed E-state index contributed by atoms with van der Waals surface area (Å²) in [7, 11) is 0. The van der Waals surface area contributed by atoms with Gasteiger partial charge in [-0.3, -0.25) is 4.90 Å². The van der Waals surface area contributed by atoms with Crippen molar-refractivity contribution in [1.82, 2.24) is 4.90 Å².